The highest BCUT2D eigenvalue weighted by Gasteiger charge is 2.12. The lowest BCUT2D eigenvalue weighted by Crippen LogP contribution is -2.39. The van der Waals surface area contributed by atoms with Crippen LogP contribution in [0.5, 0.6) is 0 Å². The fourth-order valence-electron chi connectivity index (χ4n) is 3.44. The Hall–Kier alpha value is -3.10. The van der Waals surface area contributed by atoms with Crippen molar-refractivity contribution in [2.24, 2.45) is 0 Å². The standard InChI is InChI=1S/C22H25N5O3/c1-2-21(28)25-20-6-4-17(14-23-20)16-3-5-19-18(13-16)22(29)27(15-24-19)8-7-26-9-11-30-12-10-26/h3-6,13-15H,2,7-12H2,1H3,(H,23,25,28). The summed E-state index contributed by atoms with van der Waals surface area (Å²) in [5, 5.41) is 3.32. The van der Waals surface area contributed by atoms with Gasteiger partial charge >= 0.3 is 0 Å². The van der Waals surface area contributed by atoms with E-state index in [1.54, 1.807) is 30.1 Å². The van der Waals surface area contributed by atoms with Crippen LogP contribution in [0.4, 0.5) is 5.82 Å². The van der Waals surface area contributed by atoms with Gasteiger partial charge in [0.1, 0.15) is 5.82 Å². The molecule has 1 aromatic carbocycles. The molecule has 156 valence electrons. The number of hydrogen-bond acceptors (Lipinski definition) is 6. The number of rotatable bonds is 6. The highest BCUT2D eigenvalue weighted by atomic mass is 16.5. The molecule has 3 heterocycles. The predicted molar refractivity (Wildman–Crippen MR) is 115 cm³/mol. The van der Waals surface area contributed by atoms with Crippen LogP contribution in [0.15, 0.2) is 47.7 Å². The molecule has 1 aliphatic rings. The number of hydrogen-bond donors (Lipinski definition) is 1. The number of ether oxygens (including phenoxy) is 1. The number of benzene rings is 1. The van der Waals surface area contributed by atoms with E-state index >= 15 is 0 Å². The van der Waals surface area contributed by atoms with Crippen molar-refractivity contribution in [2.75, 3.05) is 38.2 Å². The molecule has 8 nitrogen and oxygen atoms in total. The van der Waals surface area contributed by atoms with Gasteiger partial charge in [0.05, 0.1) is 30.4 Å². The van der Waals surface area contributed by atoms with Crippen LogP contribution < -0.4 is 10.9 Å². The zero-order valence-electron chi connectivity index (χ0n) is 17.0. The summed E-state index contributed by atoms with van der Waals surface area (Å²) in [5.74, 6) is 0.434. The number of nitrogens with one attached hydrogen (secondary N) is 1. The van der Waals surface area contributed by atoms with Crippen molar-refractivity contribution < 1.29 is 9.53 Å². The maximum absolute atomic E-state index is 13.0. The molecule has 0 spiro atoms. The Morgan fingerprint density at radius 1 is 1.10 bits per heavy atom. The Morgan fingerprint density at radius 2 is 1.90 bits per heavy atom. The Bertz CT molecular complexity index is 1090. The van der Waals surface area contributed by atoms with Crippen molar-refractivity contribution in [3.05, 3.63) is 53.2 Å². The first-order valence-electron chi connectivity index (χ1n) is 10.2. The molecule has 0 unspecified atom stereocenters. The molecule has 2 aromatic heterocycles. The highest BCUT2D eigenvalue weighted by molar-refractivity contribution is 5.89. The van der Waals surface area contributed by atoms with Crippen LogP contribution in [-0.4, -0.2) is 58.2 Å². The third-order valence-electron chi connectivity index (χ3n) is 5.27. The molecule has 1 fully saturated rings. The third-order valence-corrected chi connectivity index (χ3v) is 5.27. The molecule has 3 aromatic rings. The number of nitrogens with zero attached hydrogens (tertiary/aromatic N) is 4. The van der Waals surface area contributed by atoms with E-state index < -0.39 is 0 Å². The number of aromatic nitrogens is 3. The average molecular weight is 407 g/mol. The molecular formula is C22H25N5O3. The monoisotopic (exact) mass is 407 g/mol. The van der Waals surface area contributed by atoms with Gasteiger partial charge in [-0.2, -0.15) is 0 Å². The minimum Gasteiger partial charge on any atom is -0.379 e. The van der Waals surface area contributed by atoms with Gasteiger partial charge in [-0.25, -0.2) is 9.97 Å². The molecule has 30 heavy (non-hydrogen) atoms. The lowest BCUT2D eigenvalue weighted by molar-refractivity contribution is -0.115. The molecule has 0 radical (unpaired) electrons. The minimum atomic E-state index is -0.0790. The van der Waals surface area contributed by atoms with Gasteiger partial charge in [-0.1, -0.05) is 13.0 Å². The molecule has 0 saturated carbocycles. The van der Waals surface area contributed by atoms with Crippen molar-refractivity contribution in [3.63, 3.8) is 0 Å². The Balaban J connectivity index is 1.56. The molecule has 0 bridgehead atoms. The van der Waals surface area contributed by atoms with E-state index in [9.17, 15) is 9.59 Å². The van der Waals surface area contributed by atoms with Crippen molar-refractivity contribution in [2.45, 2.75) is 19.9 Å². The highest BCUT2D eigenvalue weighted by Crippen LogP contribution is 2.22. The Kier molecular flexibility index (Phi) is 6.15. The van der Waals surface area contributed by atoms with Crippen molar-refractivity contribution in [3.8, 4) is 11.1 Å². The predicted octanol–water partition coefficient (Wildman–Crippen LogP) is 2.14. The molecule has 1 amide bonds. The summed E-state index contributed by atoms with van der Waals surface area (Å²) in [7, 11) is 0. The second kappa shape index (κ2) is 9.15. The van der Waals surface area contributed by atoms with Crippen LogP contribution in [-0.2, 0) is 16.1 Å². The van der Waals surface area contributed by atoms with Gasteiger partial charge in [0, 0.05) is 44.4 Å². The first-order valence-corrected chi connectivity index (χ1v) is 10.2. The van der Waals surface area contributed by atoms with E-state index in [1.807, 2.05) is 24.3 Å². The van der Waals surface area contributed by atoms with E-state index in [2.05, 4.69) is 20.2 Å². The second-order valence-corrected chi connectivity index (χ2v) is 7.26. The maximum Gasteiger partial charge on any atom is 0.261 e. The van der Waals surface area contributed by atoms with E-state index in [1.165, 1.54) is 0 Å². The smallest absolute Gasteiger partial charge is 0.261 e. The van der Waals surface area contributed by atoms with Gasteiger partial charge < -0.3 is 10.1 Å². The van der Waals surface area contributed by atoms with Crippen LogP contribution in [0.25, 0.3) is 22.0 Å². The van der Waals surface area contributed by atoms with Crippen LogP contribution >= 0.6 is 0 Å². The fraction of sp³-hybridized carbons (Fsp3) is 0.364. The van der Waals surface area contributed by atoms with Gasteiger partial charge in [0.2, 0.25) is 5.91 Å². The molecule has 1 N–H and O–H groups in total. The SMILES string of the molecule is CCC(=O)Nc1ccc(-c2ccc3ncn(CCN4CCOCC4)c(=O)c3c2)cn1. The summed E-state index contributed by atoms with van der Waals surface area (Å²) in [6, 6.07) is 9.28. The minimum absolute atomic E-state index is 0.0464. The summed E-state index contributed by atoms with van der Waals surface area (Å²) in [6.45, 7) is 6.44. The number of morpholine rings is 1. The second-order valence-electron chi connectivity index (χ2n) is 7.26. The van der Waals surface area contributed by atoms with Crippen LogP contribution in [0.3, 0.4) is 0 Å². The normalized spacial score (nSPS) is 14.7. The molecular weight excluding hydrogens is 382 g/mol. The van der Waals surface area contributed by atoms with Crippen LogP contribution in [0.2, 0.25) is 0 Å². The summed E-state index contributed by atoms with van der Waals surface area (Å²) < 4.78 is 7.04. The topological polar surface area (TPSA) is 89.4 Å². The quantitative estimate of drug-likeness (QED) is 0.673. The van der Waals surface area contributed by atoms with E-state index in [0.717, 1.165) is 44.0 Å². The van der Waals surface area contributed by atoms with Crippen molar-refractivity contribution >= 4 is 22.6 Å². The van der Waals surface area contributed by atoms with Gasteiger partial charge in [-0.05, 0) is 29.8 Å². The largest absolute Gasteiger partial charge is 0.379 e. The first-order chi connectivity index (χ1) is 14.6. The zero-order valence-corrected chi connectivity index (χ0v) is 17.0. The molecule has 0 aliphatic carbocycles. The van der Waals surface area contributed by atoms with Gasteiger partial charge in [0.15, 0.2) is 0 Å². The summed E-state index contributed by atoms with van der Waals surface area (Å²) >= 11 is 0. The molecule has 1 aliphatic heterocycles. The number of amides is 1. The molecule has 4 rings (SSSR count). The summed E-state index contributed by atoms with van der Waals surface area (Å²) in [6.07, 6.45) is 3.72. The van der Waals surface area contributed by atoms with E-state index in [-0.39, 0.29) is 11.5 Å². The van der Waals surface area contributed by atoms with Crippen LogP contribution in [0.1, 0.15) is 13.3 Å². The lowest BCUT2D eigenvalue weighted by Gasteiger charge is -2.26. The molecule has 0 atom stereocenters. The Labute approximate surface area is 174 Å². The maximum atomic E-state index is 13.0. The van der Waals surface area contributed by atoms with Crippen molar-refractivity contribution in [1.29, 1.82) is 0 Å². The molecule has 8 heteroatoms. The average Bonchev–Trinajstić information content (AvgIpc) is 2.79. The van der Waals surface area contributed by atoms with Crippen molar-refractivity contribution in [1.82, 2.24) is 19.4 Å². The molecule has 1 saturated heterocycles. The number of fused-ring (bicyclic) bond motifs is 1. The van der Waals surface area contributed by atoms with Gasteiger partial charge in [-0.15, -0.1) is 0 Å². The third kappa shape index (κ3) is 4.55. The number of carbonyl (C=O) groups excluding carboxylic acids is 1. The summed E-state index contributed by atoms with van der Waals surface area (Å²) in [4.78, 5) is 35.6. The van der Waals surface area contributed by atoms with E-state index in [0.29, 0.717) is 29.7 Å². The lowest BCUT2D eigenvalue weighted by atomic mass is 10.1. The number of anilines is 1. The fourth-order valence-corrected chi connectivity index (χ4v) is 3.44. The van der Waals surface area contributed by atoms with E-state index in [4.69, 9.17) is 4.74 Å². The number of carbonyl (C=O) groups is 1. The number of pyridine rings is 1. The summed E-state index contributed by atoms with van der Waals surface area (Å²) in [5.41, 5.74) is 2.38. The van der Waals surface area contributed by atoms with Gasteiger partial charge in [-0.3, -0.25) is 19.1 Å². The zero-order chi connectivity index (χ0) is 20.9. The Morgan fingerprint density at radius 3 is 2.63 bits per heavy atom. The first kappa shape index (κ1) is 20.2. The van der Waals surface area contributed by atoms with Gasteiger partial charge in [0.25, 0.3) is 5.56 Å². The van der Waals surface area contributed by atoms with Crippen LogP contribution in [0, 0.1) is 0 Å².